The summed E-state index contributed by atoms with van der Waals surface area (Å²) in [6, 6.07) is 2.49. The van der Waals surface area contributed by atoms with Crippen LogP contribution in [0.4, 0.5) is 0 Å². The number of carboxylic acid groups (broad SMARTS) is 1. The third-order valence-corrected chi connectivity index (χ3v) is 9.89. The molecule has 5 atom stereocenters. The van der Waals surface area contributed by atoms with Gasteiger partial charge in [-0.1, -0.05) is 34.1 Å². The molecule has 1 aromatic carbocycles. The van der Waals surface area contributed by atoms with E-state index < -0.39 is 30.3 Å². The molecule has 0 aliphatic heterocycles. The topological polar surface area (TPSA) is 110 Å². The maximum Gasteiger partial charge on any atom is 0.334 e. The van der Waals surface area contributed by atoms with Crippen LogP contribution in [0, 0.1) is 29.6 Å². The first-order valence-electron chi connectivity index (χ1n) is 13.6. The number of aryl methyl sites for hydroxylation is 1. The van der Waals surface area contributed by atoms with E-state index in [1.165, 1.54) is 36.8 Å². The molecule has 0 radical (unpaired) electrons. The Morgan fingerprint density at radius 1 is 1.14 bits per heavy atom. The van der Waals surface area contributed by atoms with Crippen LogP contribution in [-0.4, -0.2) is 35.3 Å². The molecule has 1 amide bonds. The van der Waals surface area contributed by atoms with E-state index in [2.05, 4.69) is 39.9 Å². The van der Waals surface area contributed by atoms with E-state index in [-0.39, 0.29) is 23.7 Å². The van der Waals surface area contributed by atoms with Gasteiger partial charge < -0.3 is 20.0 Å². The Hall–Kier alpha value is -2.70. The number of carboxylic acids is 1. The lowest BCUT2D eigenvalue weighted by Gasteiger charge is -2.61. The Morgan fingerprint density at radius 3 is 2.54 bits per heavy atom. The number of fused-ring (bicyclic) bond motifs is 5. The van der Waals surface area contributed by atoms with Crippen LogP contribution in [0.3, 0.4) is 0 Å². The maximum atomic E-state index is 12.9. The van der Waals surface area contributed by atoms with Gasteiger partial charge in [-0.2, -0.15) is 0 Å². The van der Waals surface area contributed by atoms with Gasteiger partial charge in [-0.3, -0.25) is 9.59 Å². The van der Waals surface area contributed by atoms with Crippen molar-refractivity contribution in [2.75, 3.05) is 0 Å². The first kappa shape index (κ1) is 27.3. The number of esters is 1. The molecule has 0 bridgehead atoms. The zero-order valence-corrected chi connectivity index (χ0v) is 22.8. The number of aliphatic carboxylic acids is 1. The molecule has 3 aliphatic rings. The van der Waals surface area contributed by atoms with Crippen molar-refractivity contribution in [2.24, 2.45) is 22.7 Å². The SMILES string of the molecule is Cc1cc(OC(=O)C(CC(=O)O)NC(=O)CCC=O)cc2c1C1(C)CCC3C(C)(C)CCCC3(C)C1C2. The molecule has 7 heteroatoms. The number of aldehydes is 1. The molecular formula is C30H41NO6. The number of nitrogens with one attached hydrogen (secondary N) is 1. The lowest BCUT2D eigenvalue weighted by Crippen LogP contribution is -2.55. The standard InChI is InChI=1S/C30H41NO6/c1-18-14-20(37-27(36)21(17-25(34)35)31-24(33)8-6-13-32)15-19-16-23-29(4)11-7-10-28(2,3)22(29)9-12-30(23,5)26(18)19/h13-15,21-23H,6-12,16-17H2,1-5H3,(H,31,33)(H,34,35). The van der Waals surface area contributed by atoms with Crippen molar-refractivity contribution >= 4 is 24.1 Å². The predicted octanol–water partition coefficient (Wildman–Crippen LogP) is 4.90. The Morgan fingerprint density at radius 2 is 1.86 bits per heavy atom. The van der Waals surface area contributed by atoms with Crippen molar-refractivity contribution in [3.8, 4) is 5.75 Å². The van der Waals surface area contributed by atoms with Crippen LogP contribution >= 0.6 is 0 Å². The quantitative estimate of drug-likeness (QED) is 0.292. The highest BCUT2D eigenvalue weighted by molar-refractivity contribution is 5.89. The molecule has 37 heavy (non-hydrogen) atoms. The summed E-state index contributed by atoms with van der Waals surface area (Å²) in [5.41, 5.74) is 4.37. The van der Waals surface area contributed by atoms with Gasteiger partial charge in [-0.15, -0.1) is 0 Å². The highest BCUT2D eigenvalue weighted by Crippen LogP contribution is 2.67. The van der Waals surface area contributed by atoms with Crippen molar-refractivity contribution < 1.29 is 29.0 Å². The number of hydrogen-bond acceptors (Lipinski definition) is 5. The second-order valence-corrected chi connectivity index (χ2v) is 12.7. The van der Waals surface area contributed by atoms with Crippen LogP contribution in [0.25, 0.3) is 0 Å². The monoisotopic (exact) mass is 511 g/mol. The molecule has 7 nitrogen and oxygen atoms in total. The molecule has 1 aromatic rings. The van der Waals surface area contributed by atoms with Crippen LogP contribution in [0.5, 0.6) is 5.75 Å². The Kier molecular flexibility index (Phi) is 7.30. The van der Waals surface area contributed by atoms with E-state index in [4.69, 9.17) is 4.74 Å². The smallest absolute Gasteiger partial charge is 0.334 e. The Bertz CT molecular complexity index is 1110. The van der Waals surface area contributed by atoms with E-state index >= 15 is 0 Å². The van der Waals surface area contributed by atoms with Gasteiger partial charge in [0.25, 0.3) is 0 Å². The zero-order valence-electron chi connectivity index (χ0n) is 22.8. The fourth-order valence-electron chi connectivity index (χ4n) is 8.50. The zero-order chi connectivity index (χ0) is 27.2. The van der Waals surface area contributed by atoms with Gasteiger partial charge in [0, 0.05) is 12.8 Å². The molecule has 0 heterocycles. The second-order valence-electron chi connectivity index (χ2n) is 12.7. The Balaban J connectivity index is 1.58. The minimum absolute atomic E-state index is 0.00157. The highest BCUT2D eigenvalue weighted by atomic mass is 16.5. The van der Waals surface area contributed by atoms with Crippen LogP contribution < -0.4 is 10.1 Å². The number of carbonyl (C=O) groups excluding carboxylic acids is 3. The number of rotatable bonds is 8. The molecule has 2 fully saturated rings. The largest absolute Gasteiger partial charge is 0.481 e. The number of carbonyl (C=O) groups is 4. The minimum atomic E-state index is -1.32. The van der Waals surface area contributed by atoms with Crippen LogP contribution in [0.15, 0.2) is 12.1 Å². The first-order chi connectivity index (χ1) is 17.3. The summed E-state index contributed by atoms with van der Waals surface area (Å²) in [4.78, 5) is 46.9. The summed E-state index contributed by atoms with van der Waals surface area (Å²) >= 11 is 0. The van der Waals surface area contributed by atoms with Gasteiger partial charge >= 0.3 is 11.9 Å². The number of benzene rings is 1. The summed E-state index contributed by atoms with van der Waals surface area (Å²) < 4.78 is 5.65. The highest BCUT2D eigenvalue weighted by Gasteiger charge is 2.61. The van der Waals surface area contributed by atoms with Crippen molar-refractivity contribution in [3.63, 3.8) is 0 Å². The lowest BCUT2D eigenvalue weighted by atomic mass is 9.43. The van der Waals surface area contributed by atoms with E-state index in [1.807, 2.05) is 12.1 Å². The lowest BCUT2D eigenvalue weighted by molar-refractivity contribution is -0.145. The van der Waals surface area contributed by atoms with Crippen LogP contribution in [0.1, 0.15) is 95.8 Å². The Labute approximate surface area is 219 Å². The molecule has 2 saturated carbocycles. The average molecular weight is 512 g/mol. The van der Waals surface area contributed by atoms with Crippen molar-refractivity contribution in [1.29, 1.82) is 0 Å². The number of hydrogen-bond donors (Lipinski definition) is 2. The number of ether oxygens (including phenoxy) is 1. The van der Waals surface area contributed by atoms with Gasteiger partial charge in [-0.25, -0.2) is 4.79 Å². The average Bonchev–Trinajstić information content (AvgIpc) is 3.10. The molecule has 4 rings (SSSR count). The van der Waals surface area contributed by atoms with Crippen molar-refractivity contribution in [2.45, 2.75) is 104 Å². The molecule has 2 N–H and O–H groups in total. The van der Waals surface area contributed by atoms with Gasteiger partial charge in [0.2, 0.25) is 5.91 Å². The molecule has 5 unspecified atom stereocenters. The summed E-state index contributed by atoms with van der Waals surface area (Å²) in [7, 11) is 0. The van der Waals surface area contributed by atoms with E-state index in [0.29, 0.717) is 29.3 Å². The molecular weight excluding hydrogens is 470 g/mol. The van der Waals surface area contributed by atoms with Crippen LogP contribution in [0.2, 0.25) is 0 Å². The third-order valence-electron chi connectivity index (χ3n) is 9.89. The molecule has 0 aromatic heterocycles. The second kappa shape index (κ2) is 9.88. The number of amides is 1. The van der Waals surface area contributed by atoms with Crippen LogP contribution in [-0.2, 0) is 31.0 Å². The van der Waals surface area contributed by atoms with Crippen molar-refractivity contribution in [3.05, 3.63) is 28.8 Å². The summed E-state index contributed by atoms with van der Waals surface area (Å²) in [5.74, 6) is -1.00. The molecule has 3 aliphatic carbocycles. The van der Waals surface area contributed by atoms with Gasteiger partial charge in [0.05, 0.1) is 6.42 Å². The van der Waals surface area contributed by atoms with E-state index in [0.717, 1.165) is 18.4 Å². The fraction of sp³-hybridized carbons (Fsp3) is 0.667. The summed E-state index contributed by atoms with van der Waals surface area (Å²) in [6.07, 6.45) is 7.02. The maximum absolute atomic E-state index is 12.9. The van der Waals surface area contributed by atoms with E-state index in [9.17, 15) is 24.3 Å². The summed E-state index contributed by atoms with van der Waals surface area (Å²) in [6.45, 7) is 11.9. The summed E-state index contributed by atoms with van der Waals surface area (Å²) in [5, 5.41) is 11.7. The third kappa shape index (κ3) is 4.94. The van der Waals surface area contributed by atoms with Crippen molar-refractivity contribution in [1.82, 2.24) is 5.32 Å². The van der Waals surface area contributed by atoms with E-state index in [1.54, 1.807) is 0 Å². The minimum Gasteiger partial charge on any atom is -0.481 e. The predicted molar refractivity (Wildman–Crippen MR) is 139 cm³/mol. The van der Waals surface area contributed by atoms with Gasteiger partial charge in [0.15, 0.2) is 0 Å². The first-order valence-corrected chi connectivity index (χ1v) is 13.6. The molecule has 0 saturated heterocycles. The van der Waals surface area contributed by atoms with Gasteiger partial charge in [-0.05, 0) is 95.9 Å². The van der Waals surface area contributed by atoms with Gasteiger partial charge in [0.1, 0.15) is 18.1 Å². The molecule has 202 valence electrons. The fourth-order valence-corrected chi connectivity index (χ4v) is 8.50. The molecule has 0 spiro atoms. The normalized spacial score (nSPS) is 30.3.